The molecule has 2 unspecified atom stereocenters. The number of nitrogens with one attached hydrogen (secondary N) is 1. The Morgan fingerprint density at radius 3 is 2.57 bits per heavy atom. The van der Waals surface area contributed by atoms with Crippen LogP contribution in [0.2, 0.25) is 0 Å². The normalized spacial score (nSPS) is 25.9. The van der Waals surface area contributed by atoms with E-state index >= 15 is 0 Å². The molecular formula is C21H30BrN5O2S. The molecule has 1 fully saturated rings. The number of aliphatic imine (C=N–C) groups is 1. The Morgan fingerprint density at radius 2 is 1.93 bits per heavy atom. The van der Waals surface area contributed by atoms with Crippen LogP contribution in [0.5, 0.6) is 0 Å². The number of anilines is 1. The maximum Gasteiger partial charge on any atom is 0.191 e. The molecule has 0 bridgehead atoms. The Labute approximate surface area is 189 Å². The summed E-state index contributed by atoms with van der Waals surface area (Å²) < 4.78 is 13.5. The lowest BCUT2D eigenvalue weighted by Gasteiger charge is -2.46. The minimum atomic E-state index is -0.984. The van der Waals surface area contributed by atoms with Gasteiger partial charge in [0.05, 0.1) is 34.1 Å². The van der Waals surface area contributed by atoms with Crippen LogP contribution in [0.3, 0.4) is 0 Å². The molecule has 0 spiro atoms. The van der Waals surface area contributed by atoms with E-state index in [4.69, 9.17) is 4.99 Å². The van der Waals surface area contributed by atoms with Crippen molar-refractivity contribution in [2.45, 2.75) is 32.6 Å². The molecule has 164 valence electrons. The summed E-state index contributed by atoms with van der Waals surface area (Å²) in [5.74, 6) is 0.913. The Bertz CT molecular complexity index is 836. The lowest BCUT2D eigenvalue weighted by Crippen LogP contribution is -2.61. The topological polar surface area (TPSA) is 71.4 Å². The predicted octanol–water partition coefficient (Wildman–Crippen LogP) is 2.13. The lowest BCUT2D eigenvalue weighted by molar-refractivity contribution is 0.00453. The molecule has 2 N–H and O–H groups in total. The number of aliphatic hydroxyl groups excluding tert-OH is 1. The molecule has 3 aliphatic heterocycles. The number of piperazine rings is 1. The summed E-state index contributed by atoms with van der Waals surface area (Å²) >= 11 is 3.50. The van der Waals surface area contributed by atoms with Crippen molar-refractivity contribution in [3.63, 3.8) is 0 Å². The van der Waals surface area contributed by atoms with Gasteiger partial charge in [-0.15, -0.1) is 0 Å². The van der Waals surface area contributed by atoms with E-state index in [0.717, 1.165) is 47.7 Å². The molecule has 9 heteroatoms. The average Bonchev–Trinajstić information content (AvgIpc) is 3.13. The van der Waals surface area contributed by atoms with E-state index < -0.39 is 10.8 Å². The second-order valence-electron chi connectivity index (χ2n) is 8.27. The third kappa shape index (κ3) is 4.50. The van der Waals surface area contributed by atoms with E-state index in [1.807, 2.05) is 6.21 Å². The van der Waals surface area contributed by atoms with Gasteiger partial charge in [-0.2, -0.15) is 0 Å². The highest BCUT2D eigenvalue weighted by Crippen LogP contribution is 2.31. The number of aliphatic hydroxyl groups is 1. The third-order valence-corrected chi connectivity index (χ3v) is 7.97. The smallest absolute Gasteiger partial charge is 0.191 e. The van der Waals surface area contributed by atoms with Crippen LogP contribution in [0.25, 0.3) is 0 Å². The minimum Gasteiger partial charge on any atom is -0.395 e. The van der Waals surface area contributed by atoms with E-state index in [-0.39, 0.29) is 24.9 Å². The molecule has 30 heavy (non-hydrogen) atoms. The van der Waals surface area contributed by atoms with Crippen molar-refractivity contribution in [1.82, 2.24) is 15.3 Å². The summed E-state index contributed by atoms with van der Waals surface area (Å²) in [6.07, 6.45) is 2.40. The van der Waals surface area contributed by atoms with E-state index in [1.54, 1.807) is 0 Å². The van der Waals surface area contributed by atoms with Crippen molar-refractivity contribution in [3.8, 4) is 0 Å². The van der Waals surface area contributed by atoms with Crippen LogP contribution in [-0.4, -0.2) is 76.3 Å². The van der Waals surface area contributed by atoms with Crippen LogP contribution in [0.1, 0.15) is 20.3 Å². The van der Waals surface area contributed by atoms with Crippen LogP contribution in [0, 0.1) is 5.92 Å². The zero-order chi connectivity index (χ0) is 21.3. The van der Waals surface area contributed by atoms with Crippen LogP contribution in [-0.2, 0) is 10.8 Å². The van der Waals surface area contributed by atoms with Crippen LogP contribution < -0.4 is 10.3 Å². The van der Waals surface area contributed by atoms with Crippen molar-refractivity contribution in [3.05, 3.63) is 39.3 Å². The molecule has 0 aliphatic carbocycles. The zero-order valence-electron chi connectivity index (χ0n) is 17.5. The molecule has 3 atom stereocenters. The van der Waals surface area contributed by atoms with Crippen molar-refractivity contribution < 1.29 is 9.32 Å². The number of benzene rings is 1. The monoisotopic (exact) mass is 495 g/mol. The highest BCUT2D eigenvalue weighted by Gasteiger charge is 2.37. The van der Waals surface area contributed by atoms with Gasteiger partial charge in [-0.05, 0) is 30.2 Å². The lowest BCUT2D eigenvalue weighted by atomic mass is 10.1. The Morgan fingerprint density at radius 1 is 1.23 bits per heavy atom. The van der Waals surface area contributed by atoms with Crippen molar-refractivity contribution in [1.29, 1.82) is 0 Å². The summed E-state index contributed by atoms with van der Waals surface area (Å²) in [5.41, 5.74) is 5.80. The molecule has 7 nitrogen and oxygen atoms in total. The first-order chi connectivity index (χ1) is 14.5. The fraction of sp³-hybridized carbons (Fsp3) is 0.571. The number of halogens is 1. The van der Waals surface area contributed by atoms with Gasteiger partial charge < -0.3 is 10.0 Å². The summed E-state index contributed by atoms with van der Waals surface area (Å²) in [6, 6.07) is 8.37. The van der Waals surface area contributed by atoms with Gasteiger partial charge in [0, 0.05) is 54.7 Å². The highest BCUT2D eigenvalue weighted by atomic mass is 79.9. The largest absolute Gasteiger partial charge is 0.395 e. The average molecular weight is 496 g/mol. The highest BCUT2D eigenvalue weighted by molar-refractivity contribution is 9.10. The molecule has 0 amide bonds. The van der Waals surface area contributed by atoms with Crippen LogP contribution in [0.15, 0.2) is 44.3 Å². The van der Waals surface area contributed by atoms with Gasteiger partial charge in [0.2, 0.25) is 0 Å². The fourth-order valence-corrected chi connectivity index (χ4v) is 5.62. The summed E-state index contributed by atoms with van der Waals surface area (Å²) in [4.78, 5) is 10.4. The standard InChI is InChI=1S/C21H30BrN5O2S/c1-15(2)18(14-28)24-27-19-7-12-30(29)20(19)13-23-21(27)26-10-8-25(9-11-26)17-5-3-16(22)4-6-17/h3-6,13,15,18,21,24,28H,7-12,14H2,1-2H3/t18-,21?,30?/m0/s1. The van der Waals surface area contributed by atoms with Gasteiger partial charge in [-0.3, -0.25) is 19.1 Å². The third-order valence-electron chi connectivity index (χ3n) is 6.04. The Balaban J connectivity index is 1.49. The number of hydrogen-bond donors (Lipinski definition) is 2. The van der Waals surface area contributed by atoms with Gasteiger partial charge >= 0.3 is 0 Å². The maximum absolute atomic E-state index is 12.4. The molecule has 1 aromatic carbocycles. The molecule has 0 saturated carbocycles. The number of hydrazine groups is 1. The Hall–Kier alpha value is -1.26. The van der Waals surface area contributed by atoms with Crippen molar-refractivity contribution in [2.75, 3.05) is 43.4 Å². The van der Waals surface area contributed by atoms with Gasteiger partial charge in [0.1, 0.15) is 0 Å². The van der Waals surface area contributed by atoms with Crippen molar-refractivity contribution in [2.24, 2.45) is 10.9 Å². The predicted molar refractivity (Wildman–Crippen MR) is 126 cm³/mol. The molecular weight excluding hydrogens is 466 g/mol. The van der Waals surface area contributed by atoms with Crippen LogP contribution in [0.4, 0.5) is 5.69 Å². The summed E-state index contributed by atoms with van der Waals surface area (Å²) in [5, 5.41) is 11.9. The fourth-order valence-electron chi connectivity index (χ4n) is 4.11. The molecule has 1 saturated heterocycles. The zero-order valence-corrected chi connectivity index (χ0v) is 19.9. The van der Waals surface area contributed by atoms with E-state index in [0.29, 0.717) is 5.75 Å². The van der Waals surface area contributed by atoms with E-state index in [9.17, 15) is 9.32 Å². The first-order valence-electron chi connectivity index (χ1n) is 10.5. The first kappa shape index (κ1) is 22.0. The molecule has 0 radical (unpaired) electrons. The first-order valence-corrected chi connectivity index (χ1v) is 12.6. The van der Waals surface area contributed by atoms with Crippen molar-refractivity contribution >= 4 is 38.6 Å². The number of allylic oxidation sites excluding steroid dienone is 2. The van der Waals surface area contributed by atoms with Gasteiger partial charge in [0.25, 0.3) is 0 Å². The van der Waals surface area contributed by atoms with Crippen LogP contribution >= 0.6 is 15.9 Å². The van der Waals surface area contributed by atoms with Gasteiger partial charge in [-0.25, -0.2) is 5.43 Å². The molecule has 3 heterocycles. The minimum absolute atomic E-state index is 0.0493. The number of rotatable bonds is 6. The number of nitrogens with zero attached hydrogens (tertiary/aromatic N) is 4. The molecule has 1 aromatic rings. The maximum atomic E-state index is 12.4. The van der Waals surface area contributed by atoms with E-state index in [1.165, 1.54) is 5.69 Å². The molecule has 0 aromatic heterocycles. The SMILES string of the molecule is CC(C)[C@H](CO)NN1C2=C(C=NC1N1CCN(c3ccc(Br)cc3)CC1)S(=O)CC2. The summed E-state index contributed by atoms with van der Waals surface area (Å²) in [7, 11) is -0.984. The molecule has 4 rings (SSSR count). The quantitative estimate of drug-likeness (QED) is 0.629. The second-order valence-corrected chi connectivity index (χ2v) is 10.7. The second kappa shape index (κ2) is 9.48. The van der Waals surface area contributed by atoms with E-state index in [2.05, 4.69) is 74.3 Å². The van der Waals surface area contributed by atoms with Gasteiger partial charge in [0.15, 0.2) is 6.29 Å². The number of hydrogen-bond acceptors (Lipinski definition) is 7. The summed E-state index contributed by atoms with van der Waals surface area (Å²) in [6.45, 7) is 7.85. The Kier molecular flexibility index (Phi) is 6.94. The molecule has 3 aliphatic rings. The van der Waals surface area contributed by atoms with Gasteiger partial charge in [-0.1, -0.05) is 29.8 Å².